The first kappa shape index (κ1) is 24.7. The summed E-state index contributed by atoms with van der Waals surface area (Å²) in [4.78, 5) is 16.6. The third kappa shape index (κ3) is 5.89. The highest BCUT2D eigenvalue weighted by atomic mass is 35.5. The number of alkyl halides is 3. The second kappa shape index (κ2) is 9.90. The van der Waals surface area contributed by atoms with Gasteiger partial charge in [0.15, 0.2) is 6.61 Å². The molecule has 0 aliphatic heterocycles. The van der Waals surface area contributed by atoms with Gasteiger partial charge in [-0.2, -0.15) is 13.2 Å². The first-order chi connectivity index (χ1) is 15.5. The average molecular weight is 507 g/mol. The molecule has 0 saturated heterocycles. The average Bonchev–Trinajstić information content (AvgIpc) is 2.75. The van der Waals surface area contributed by atoms with Gasteiger partial charge in [0.1, 0.15) is 17.4 Å². The van der Waals surface area contributed by atoms with Gasteiger partial charge in [-0.15, -0.1) is 0 Å². The maximum Gasteiger partial charge on any atom is 0.422 e. The molecule has 0 saturated carbocycles. The number of halogens is 7. The summed E-state index contributed by atoms with van der Waals surface area (Å²) in [5.74, 6) is -3.76. The number of aromatic nitrogens is 1. The zero-order valence-electron chi connectivity index (χ0n) is 16.3. The Morgan fingerprint density at radius 1 is 1.06 bits per heavy atom. The molecule has 0 unspecified atom stereocenters. The predicted molar refractivity (Wildman–Crippen MR) is 111 cm³/mol. The number of ether oxygens (including phenoxy) is 1. The molecule has 5 nitrogen and oxygen atoms in total. The van der Waals surface area contributed by atoms with E-state index in [0.717, 1.165) is 12.1 Å². The minimum absolute atomic E-state index is 0.00217. The van der Waals surface area contributed by atoms with E-state index in [4.69, 9.17) is 27.9 Å². The van der Waals surface area contributed by atoms with Gasteiger partial charge < -0.3 is 15.2 Å². The van der Waals surface area contributed by atoms with Gasteiger partial charge >= 0.3 is 6.18 Å². The maximum absolute atomic E-state index is 14.9. The summed E-state index contributed by atoms with van der Waals surface area (Å²) in [6, 6.07) is 7.60. The van der Waals surface area contributed by atoms with Crippen LogP contribution in [0.3, 0.4) is 0 Å². The summed E-state index contributed by atoms with van der Waals surface area (Å²) in [7, 11) is 0. The molecule has 1 amide bonds. The minimum atomic E-state index is -4.76. The van der Waals surface area contributed by atoms with E-state index in [9.17, 15) is 31.9 Å². The fraction of sp³-hybridized carbons (Fsp3) is 0.143. The summed E-state index contributed by atoms with van der Waals surface area (Å²) in [5.41, 5.74) is -1.48. The number of hydrogen-bond acceptors (Lipinski definition) is 4. The van der Waals surface area contributed by atoms with Crippen LogP contribution in [0.25, 0.3) is 11.3 Å². The Bertz CT molecular complexity index is 1180. The number of carbonyl (C=O) groups excluding carboxylic acids is 1. The predicted octanol–water partition coefficient (Wildman–Crippen LogP) is 6.02. The van der Waals surface area contributed by atoms with Crippen LogP contribution >= 0.6 is 23.2 Å². The lowest BCUT2D eigenvalue weighted by Gasteiger charge is -2.16. The molecule has 0 spiro atoms. The van der Waals surface area contributed by atoms with E-state index in [1.54, 1.807) is 0 Å². The highest BCUT2D eigenvalue weighted by molar-refractivity contribution is 6.34. The molecule has 1 aromatic heterocycles. The molecule has 2 N–H and O–H groups in total. The molecule has 2 aromatic carbocycles. The van der Waals surface area contributed by atoms with Crippen LogP contribution < -0.4 is 10.1 Å². The smallest absolute Gasteiger partial charge is 0.422 e. The largest absolute Gasteiger partial charge is 0.483 e. The van der Waals surface area contributed by atoms with Gasteiger partial charge in [-0.25, -0.2) is 13.8 Å². The van der Waals surface area contributed by atoms with Crippen molar-refractivity contribution in [2.45, 2.75) is 12.8 Å². The SMILES string of the molecule is O=C(Nc1c(F)cccc1Cl)c1cc(F)c(-c2ccc(Cl)c(CO)n2)cc1OCC(F)(F)F. The van der Waals surface area contributed by atoms with Gasteiger partial charge in [-0.05, 0) is 36.4 Å². The van der Waals surface area contributed by atoms with Gasteiger partial charge in [0, 0.05) is 5.56 Å². The number of anilines is 1. The monoisotopic (exact) mass is 506 g/mol. The van der Waals surface area contributed by atoms with E-state index < -0.39 is 53.9 Å². The van der Waals surface area contributed by atoms with Crippen molar-refractivity contribution in [2.24, 2.45) is 0 Å². The van der Waals surface area contributed by atoms with E-state index in [1.165, 1.54) is 24.3 Å². The number of amides is 1. The number of rotatable bonds is 6. The van der Waals surface area contributed by atoms with Crippen LogP contribution in [0.1, 0.15) is 16.1 Å². The van der Waals surface area contributed by atoms with Crippen molar-refractivity contribution in [3.8, 4) is 17.0 Å². The van der Waals surface area contributed by atoms with E-state index in [1.807, 2.05) is 0 Å². The van der Waals surface area contributed by atoms with Crippen molar-refractivity contribution in [3.63, 3.8) is 0 Å². The van der Waals surface area contributed by atoms with Gasteiger partial charge in [-0.1, -0.05) is 29.3 Å². The van der Waals surface area contributed by atoms with Gasteiger partial charge in [0.25, 0.3) is 5.91 Å². The minimum Gasteiger partial charge on any atom is -0.483 e. The van der Waals surface area contributed by atoms with Crippen molar-refractivity contribution in [3.05, 3.63) is 75.4 Å². The molecule has 0 atom stereocenters. The summed E-state index contributed by atoms with van der Waals surface area (Å²) in [6.45, 7) is -2.36. The summed E-state index contributed by atoms with van der Waals surface area (Å²) in [5, 5.41) is 11.3. The number of benzene rings is 2. The highest BCUT2D eigenvalue weighted by Crippen LogP contribution is 2.33. The summed E-state index contributed by atoms with van der Waals surface area (Å²) < 4.78 is 71.9. The third-order valence-corrected chi connectivity index (χ3v) is 4.91. The van der Waals surface area contributed by atoms with Crippen LogP contribution in [0.5, 0.6) is 5.75 Å². The van der Waals surface area contributed by atoms with Gasteiger partial charge in [-0.3, -0.25) is 4.79 Å². The molecule has 0 aliphatic rings. The Kier molecular flexibility index (Phi) is 7.41. The zero-order chi connectivity index (χ0) is 24.3. The Hall–Kier alpha value is -2.95. The zero-order valence-corrected chi connectivity index (χ0v) is 17.8. The van der Waals surface area contributed by atoms with Crippen LogP contribution in [-0.2, 0) is 6.61 Å². The van der Waals surface area contributed by atoms with Crippen molar-refractivity contribution in [2.75, 3.05) is 11.9 Å². The molecule has 0 aliphatic carbocycles. The van der Waals surface area contributed by atoms with Gasteiger partial charge in [0.05, 0.1) is 39.3 Å². The Labute approximate surface area is 193 Å². The molecule has 3 rings (SSSR count). The number of nitrogens with zero attached hydrogens (tertiary/aromatic N) is 1. The number of pyridine rings is 1. The van der Waals surface area contributed by atoms with Crippen molar-refractivity contribution >= 4 is 34.8 Å². The molecule has 1 heterocycles. The van der Waals surface area contributed by atoms with E-state index in [-0.39, 0.29) is 27.0 Å². The molecule has 0 radical (unpaired) electrons. The molecular formula is C21H13Cl2F5N2O3. The number of nitrogens with one attached hydrogen (secondary N) is 1. The lowest BCUT2D eigenvalue weighted by Crippen LogP contribution is -2.22. The lowest BCUT2D eigenvalue weighted by molar-refractivity contribution is -0.153. The molecular weight excluding hydrogens is 494 g/mol. The van der Waals surface area contributed by atoms with E-state index in [2.05, 4.69) is 10.3 Å². The Morgan fingerprint density at radius 3 is 2.42 bits per heavy atom. The van der Waals surface area contributed by atoms with Crippen LogP contribution in [-0.4, -0.2) is 28.8 Å². The number of aliphatic hydroxyl groups is 1. The van der Waals surface area contributed by atoms with Crippen LogP contribution in [0, 0.1) is 11.6 Å². The number of para-hydroxylation sites is 1. The van der Waals surface area contributed by atoms with Crippen molar-refractivity contribution in [1.29, 1.82) is 0 Å². The number of hydrogen-bond donors (Lipinski definition) is 2. The second-order valence-corrected chi connectivity index (χ2v) is 7.38. The number of carbonyl (C=O) groups is 1. The van der Waals surface area contributed by atoms with Gasteiger partial charge in [0.2, 0.25) is 0 Å². The molecule has 33 heavy (non-hydrogen) atoms. The molecule has 3 aromatic rings. The quantitative estimate of drug-likeness (QED) is 0.401. The highest BCUT2D eigenvalue weighted by Gasteiger charge is 2.30. The first-order valence-corrected chi connectivity index (χ1v) is 9.81. The topological polar surface area (TPSA) is 71.5 Å². The fourth-order valence-electron chi connectivity index (χ4n) is 2.75. The van der Waals surface area contributed by atoms with Crippen LogP contribution in [0.2, 0.25) is 10.0 Å². The third-order valence-electron chi connectivity index (χ3n) is 4.25. The lowest BCUT2D eigenvalue weighted by atomic mass is 10.0. The Morgan fingerprint density at radius 2 is 1.79 bits per heavy atom. The first-order valence-electron chi connectivity index (χ1n) is 9.05. The summed E-state index contributed by atoms with van der Waals surface area (Å²) >= 11 is 11.7. The fourth-order valence-corrected chi connectivity index (χ4v) is 3.12. The molecule has 0 bridgehead atoms. The van der Waals surface area contributed by atoms with E-state index in [0.29, 0.717) is 6.07 Å². The standard InChI is InChI=1S/C21H13Cl2F5N2O3/c22-12-4-5-16(29-17(12)8-31)10-7-18(33-9-21(26,27)28)11(6-15(10)25)20(32)30-19-13(23)2-1-3-14(19)24/h1-7,31H,8-9H2,(H,30,32). The summed E-state index contributed by atoms with van der Waals surface area (Å²) in [6.07, 6.45) is -4.76. The molecule has 174 valence electrons. The van der Waals surface area contributed by atoms with Crippen molar-refractivity contribution < 1.29 is 36.6 Å². The second-order valence-electron chi connectivity index (χ2n) is 6.57. The van der Waals surface area contributed by atoms with E-state index >= 15 is 0 Å². The maximum atomic E-state index is 14.9. The van der Waals surface area contributed by atoms with Crippen LogP contribution in [0.15, 0.2) is 42.5 Å². The number of aliphatic hydroxyl groups excluding tert-OH is 1. The normalized spacial score (nSPS) is 11.4. The molecule has 12 heteroatoms. The Balaban J connectivity index is 2.07. The molecule has 0 fully saturated rings. The van der Waals surface area contributed by atoms with Crippen LogP contribution in [0.4, 0.5) is 27.6 Å². The van der Waals surface area contributed by atoms with Crippen molar-refractivity contribution in [1.82, 2.24) is 4.98 Å².